The summed E-state index contributed by atoms with van der Waals surface area (Å²) in [5.41, 5.74) is 5.01. The lowest BCUT2D eigenvalue weighted by Crippen LogP contribution is -2.41. The molecule has 1 heterocycles. The van der Waals surface area contributed by atoms with E-state index in [0.29, 0.717) is 12.2 Å². The van der Waals surface area contributed by atoms with E-state index in [1.54, 1.807) is 0 Å². The molecule has 2 aromatic carbocycles. The zero-order chi connectivity index (χ0) is 21.7. The number of carbonyl (C=O) groups is 2. The molecule has 1 fully saturated rings. The maximum absolute atomic E-state index is 12.5. The zero-order valence-electron chi connectivity index (χ0n) is 18.4. The van der Waals surface area contributed by atoms with Crippen LogP contribution < -0.4 is 15.5 Å². The van der Waals surface area contributed by atoms with Crippen molar-refractivity contribution in [3.05, 3.63) is 59.2 Å². The van der Waals surface area contributed by atoms with Crippen LogP contribution in [0.2, 0.25) is 0 Å². The van der Waals surface area contributed by atoms with Gasteiger partial charge in [-0.2, -0.15) is 0 Å². The Morgan fingerprint density at radius 2 is 1.57 bits per heavy atom. The minimum absolute atomic E-state index is 0.0571. The lowest BCUT2D eigenvalue weighted by Gasteiger charge is -2.28. The molecule has 6 heteroatoms. The van der Waals surface area contributed by atoms with Gasteiger partial charge in [-0.1, -0.05) is 18.2 Å². The van der Waals surface area contributed by atoms with Crippen LogP contribution in [0.4, 0.5) is 11.4 Å². The third-order valence-electron chi connectivity index (χ3n) is 5.52. The van der Waals surface area contributed by atoms with Gasteiger partial charge in [-0.3, -0.25) is 14.5 Å². The molecule has 0 saturated carbocycles. The number of likely N-dealkylation sites (tertiary alicyclic amines) is 1. The highest BCUT2D eigenvalue weighted by molar-refractivity contribution is 6.39. The Kier molecular flexibility index (Phi) is 7.11. The number of hydrogen-bond donors (Lipinski definition) is 2. The van der Waals surface area contributed by atoms with Crippen molar-refractivity contribution in [2.75, 3.05) is 43.9 Å². The largest absolute Gasteiger partial charge is 0.378 e. The fourth-order valence-electron chi connectivity index (χ4n) is 4.01. The molecular formula is C24H32N4O2. The van der Waals surface area contributed by atoms with Crippen LogP contribution in [-0.2, 0) is 9.59 Å². The standard InChI is InChI=1S/C24H32N4O2/c1-17-13-18(2)15-20(14-17)26-24(30)23(29)25-16-22(28-11-5-6-12-28)19-7-9-21(10-8-19)27(3)4/h7-10,13-15,22H,5-6,11-12,16H2,1-4H3,(H,25,29)(H,26,30)/t22-/m1/s1. The van der Waals surface area contributed by atoms with Crippen LogP contribution in [0.5, 0.6) is 0 Å². The molecule has 0 bridgehead atoms. The minimum atomic E-state index is -0.636. The number of carbonyl (C=O) groups excluding carboxylic acids is 2. The fraction of sp³-hybridized carbons (Fsp3) is 0.417. The molecule has 6 nitrogen and oxygen atoms in total. The van der Waals surface area contributed by atoms with Crippen LogP contribution in [0.3, 0.4) is 0 Å². The quantitative estimate of drug-likeness (QED) is 0.720. The van der Waals surface area contributed by atoms with Gasteiger partial charge in [-0.05, 0) is 80.7 Å². The third kappa shape index (κ3) is 5.60. The number of benzene rings is 2. The second-order valence-corrected chi connectivity index (χ2v) is 8.29. The average Bonchev–Trinajstić information content (AvgIpc) is 3.22. The van der Waals surface area contributed by atoms with Gasteiger partial charge in [0.05, 0.1) is 6.04 Å². The molecular weight excluding hydrogens is 376 g/mol. The zero-order valence-corrected chi connectivity index (χ0v) is 18.4. The van der Waals surface area contributed by atoms with Crippen LogP contribution in [0.15, 0.2) is 42.5 Å². The number of hydrogen-bond acceptors (Lipinski definition) is 4. The van der Waals surface area contributed by atoms with Crippen LogP contribution in [0.1, 0.15) is 35.6 Å². The second-order valence-electron chi connectivity index (χ2n) is 8.29. The number of aryl methyl sites for hydroxylation is 2. The molecule has 2 N–H and O–H groups in total. The van der Waals surface area contributed by atoms with Gasteiger partial charge in [-0.15, -0.1) is 0 Å². The molecule has 0 spiro atoms. The summed E-state index contributed by atoms with van der Waals surface area (Å²) >= 11 is 0. The molecule has 1 saturated heterocycles. The predicted octanol–water partition coefficient (Wildman–Crippen LogP) is 3.26. The van der Waals surface area contributed by atoms with E-state index in [1.165, 1.54) is 0 Å². The summed E-state index contributed by atoms with van der Waals surface area (Å²) in [5, 5.41) is 5.55. The van der Waals surface area contributed by atoms with Crippen molar-refractivity contribution in [1.82, 2.24) is 10.2 Å². The first-order valence-corrected chi connectivity index (χ1v) is 10.5. The molecule has 30 heavy (non-hydrogen) atoms. The molecule has 3 rings (SSSR count). The molecule has 1 aliphatic heterocycles. The van der Waals surface area contributed by atoms with E-state index in [-0.39, 0.29) is 6.04 Å². The molecule has 160 valence electrons. The number of rotatable bonds is 6. The van der Waals surface area contributed by atoms with Gasteiger partial charge < -0.3 is 15.5 Å². The Labute approximate surface area is 179 Å². The maximum atomic E-state index is 12.5. The van der Waals surface area contributed by atoms with Crippen molar-refractivity contribution in [2.45, 2.75) is 32.7 Å². The van der Waals surface area contributed by atoms with Gasteiger partial charge in [0.15, 0.2) is 0 Å². The lowest BCUT2D eigenvalue weighted by atomic mass is 10.0. The Morgan fingerprint density at radius 1 is 0.967 bits per heavy atom. The summed E-state index contributed by atoms with van der Waals surface area (Å²) in [6.07, 6.45) is 2.32. The van der Waals surface area contributed by atoms with Gasteiger partial charge in [0, 0.05) is 32.0 Å². The van der Waals surface area contributed by atoms with E-state index >= 15 is 0 Å². The summed E-state index contributed by atoms with van der Waals surface area (Å²) < 4.78 is 0. The minimum Gasteiger partial charge on any atom is -0.378 e. The molecule has 0 aromatic heterocycles. The first-order chi connectivity index (χ1) is 14.3. The van der Waals surface area contributed by atoms with Crippen molar-refractivity contribution in [3.63, 3.8) is 0 Å². The van der Waals surface area contributed by atoms with Crippen LogP contribution in [0.25, 0.3) is 0 Å². The van der Waals surface area contributed by atoms with Gasteiger partial charge in [0.25, 0.3) is 0 Å². The Balaban J connectivity index is 1.65. The second kappa shape index (κ2) is 9.76. The van der Waals surface area contributed by atoms with Crippen LogP contribution >= 0.6 is 0 Å². The van der Waals surface area contributed by atoms with E-state index in [2.05, 4.69) is 44.7 Å². The predicted molar refractivity (Wildman–Crippen MR) is 122 cm³/mol. The number of anilines is 2. The first-order valence-electron chi connectivity index (χ1n) is 10.5. The van der Waals surface area contributed by atoms with Crippen molar-refractivity contribution in [3.8, 4) is 0 Å². The molecule has 2 aromatic rings. The highest BCUT2D eigenvalue weighted by Gasteiger charge is 2.25. The molecule has 0 unspecified atom stereocenters. The van der Waals surface area contributed by atoms with E-state index in [4.69, 9.17) is 0 Å². The highest BCUT2D eigenvalue weighted by atomic mass is 16.2. The van der Waals surface area contributed by atoms with E-state index < -0.39 is 11.8 Å². The highest BCUT2D eigenvalue weighted by Crippen LogP contribution is 2.26. The topological polar surface area (TPSA) is 64.7 Å². The lowest BCUT2D eigenvalue weighted by molar-refractivity contribution is -0.136. The van der Waals surface area contributed by atoms with Crippen LogP contribution in [-0.4, -0.2) is 50.4 Å². The fourth-order valence-corrected chi connectivity index (χ4v) is 4.01. The molecule has 0 aliphatic carbocycles. The monoisotopic (exact) mass is 408 g/mol. The van der Waals surface area contributed by atoms with Crippen molar-refractivity contribution >= 4 is 23.2 Å². The van der Waals surface area contributed by atoms with Crippen molar-refractivity contribution in [2.24, 2.45) is 0 Å². The van der Waals surface area contributed by atoms with Crippen molar-refractivity contribution in [1.29, 1.82) is 0 Å². The Hall–Kier alpha value is -2.86. The molecule has 2 amide bonds. The number of nitrogens with one attached hydrogen (secondary N) is 2. The summed E-state index contributed by atoms with van der Waals surface area (Å²) in [4.78, 5) is 29.3. The summed E-state index contributed by atoms with van der Waals surface area (Å²) in [7, 11) is 4.03. The molecule has 0 radical (unpaired) electrons. The smallest absolute Gasteiger partial charge is 0.313 e. The first kappa shape index (κ1) is 21.8. The molecule has 1 aliphatic rings. The number of nitrogens with zero attached hydrogens (tertiary/aromatic N) is 2. The number of amides is 2. The van der Waals surface area contributed by atoms with Gasteiger partial charge in [0.1, 0.15) is 0 Å². The summed E-state index contributed by atoms with van der Waals surface area (Å²) in [6.45, 7) is 6.34. The SMILES string of the molecule is Cc1cc(C)cc(NC(=O)C(=O)NC[C@H](c2ccc(N(C)C)cc2)N2CCCC2)c1. The summed E-state index contributed by atoms with van der Waals surface area (Å²) in [5.74, 6) is -1.24. The van der Waals surface area contributed by atoms with E-state index in [0.717, 1.165) is 48.3 Å². The Morgan fingerprint density at radius 3 is 2.13 bits per heavy atom. The van der Waals surface area contributed by atoms with Gasteiger partial charge >= 0.3 is 11.8 Å². The van der Waals surface area contributed by atoms with Crippen molar-refractivity contribution < 1.29 is 9.59 Å². The average molecular weight is 409 g/mol. The van der Waals surface area contributed by atoms with E-state index in [9.17, 15) is 9.59 Å². The van der Waals surface area contributed by atoms with Crippen LogP contribution in [0, 0.1) is 13.8 Å². The van der Waals surface area contributed by atoms with Gasteiger partial charge in [0.2, 0.25) is 0 Å². The maximum Gasteiger partial charge on any atom is 0.313 e. The normalized spacial score (nSPS) is 14.9. The molecule has 1 atom stereocenters. The van der Waals surface area contributed by atoms with E-state index in [1.807, 2.05) is 46.1 Å². The third-order valence-corrected chi connectivity index (χ3v) is 5.52. The van der Waals surface area contributed by atoms with Gasteiger partial charge in [-0.25, -0.2) is 0 Å². The Bertz CT molecular complexity index is 866. The summed E-state index contributed by atoms with van der Waals surface area (Å²) in [6, 6.07) is 14.2.